The molecular weight excluding hydrogens is 370 g/mol. The van der Waals surface area contributed by atoms with Gasteiger partial charge in [-0.3, -0.25) is 9.97 Å². The Kier molecular flexibility index (Phi) is 3.33. The summed E-state index contributed by atoms with van der Waals surface area (Å²) in [6, 6.07) is 14.7. The molecule has 0 saturated heterocycles. The number of hydrogen-bond donors (Lipinski definition) is 0. The van der Waals surface area contributed by atoms with E-state index in [9.17, 15) is 0 Å². The van der Waals surface area contributed by atoms with E-state index in [0.29, 0.717) is 0 Å². The van der Waals surface area contributed by atoms with Gasteiger partial charge >= 0.3 is 0 Å². The fourth-order valence-corrected chi connectivity index (χ4v) is 5.03. The van der Waals surface area contributed by atoms with E-state index in [4.69, 9.17) is 14.4 Å². The maximum atomic E-state index is 6.68. The van der Waals surface area contributed by atoms with Crippen molar-refractivity contribution in [2.24, 2.45) is 7.05 Å². The molecule has 0 amide bonds. The molecule has 0 saturated carbocycles. The number of pyridine rings is 3. The molecule has 0 bridgehead atoms. The third-order valence-corrected chi connectivity index (χ3v) is 6.49. The fourth-order valence-electron chi connectivity index (χ4n) is 5.03. The van der Waals surface area contributed by atoms with Gasteiger partial charge in [0.15, 0.2) is 17.4 Å². The van der Waals surface area contributed by atoms with Gasteiger partial charge in [-0.2, -0.15) is 0 Å². The summed E-state index contributed by atoms with van der Waals surface area (Å²) < 4.78 is 8.82. The van der Waals surface area contributed by atoms with Crippen LogP contribution in [0.2, 0.25) is 0 Å². The van der Waals surface area contributed by atoms with Gasteiger partial charge in [0.2, 0.25) is 5.69 Å². The summed E-state index contributed by atoms with van der Waals surface area (Å²) in [5.74, 6) is 0. The Morgan fingerprint density at radius 2 is 1.80 bits per heavy atom. The summed E-state index contributed by atoms with van der Waals surface area (Å²) in [6.07, 6.45) is 5.92. The third-order valence-electron chi connectivity index (χ3n) is 6.49. The van der Waals surface area contributed by atoms with Gasteiger partial charge in [-0.1, -0.05) is 12.1 Å². The van der Waals surface area contributed by atoms with Crippen molar-refractivity contribution in [1.29, 1.82) is 0 Å². The van der Waals surface area contributed by atoms with Crippen LogP contribution in [-0.4, -0.2) is 9.97 Å². The van der Waals surface area contributed by atoms with E-state index in [-0.39, 0.29) is 5.41 Å². The highest BCUT2D eigenvalue weighted by atomic mass is 16.3. The van der Waals surface area contributed by atoms with Crippen LogP contribution in [0.4, 0.5) is 0 Å². The minimum atomic E-state index is -0.242. The molecule has 30 heavy (non-hydrogen) atoms. The zero-order valence-corrected chi connectivity index (χ0v) is 17.5. The Labute approximate surface area is 174 Å². The highest BCUT2D eigenvalue weighted by molar-refractivity contribution is 6.10. The minimum absolute atomic E-state index is 0.242. The molecule has 0 N–H and O–H groups in total. The summed E-state index contributed by atoms with van der Waals surface area (Å²) in [5.41, 5.74) is 10.4. The molecule has 1 aliphatic rings. The van der Waals surface area contributed by atoms with Crippen LogP contribution in [-0.2, 0) is 12.5 Å². The van der Waals surface area contributed by atoms with E-state index in [1.54, 1.807) is 0 Å². The van der Waals surface area contributed by atoms with Gasteiger partial charge in [-0.05, 0) is 44.5 Å². The van der Waals surface area contributed by atoms with Crippen LogP contribution in [0.5, 0.6) is 0 Å². The van der Waals surface area contributed by atoms with Crippen LogP contribution < -0.4 is 4.57 Å². The minimum Gasteiger partial charge on any atom is -0.453 e. The Balaban J connectivity index is 1.75. The number of aryl methyl sites for hydroxylation is 2. The first-order valence-electron chi connectivity index (χ1n) is 10.2. The molecule has 6 rings (SSSR count). The normalized spacial score (nSPS) is 14.3. The number of benzene rings is 1. The molecule has 0 atom stereocenters. The van der Waals surface area contributed by atoms with Gasteiger partial charge in [0, 0.05) is 52.0 Å². The zero-order valence-electron chi connectivity index (χ0n) is 17.5. The lowest BCUT2D eigenvalue weighted by Gasteiger charge is -2.19. The fraction of sp³-hybridized carbons (Fsp3) is 0.192. The number of aromatic nitrogens is 3. The van der Waals surface area contributed by atoms with Crippen molar-refractivity contribution in [1.82, 2.24) is 9.97 Å². The van der Waals surface area contributed by atoms with Crippen molar-refractivity contribution >= 4 is 22.1 Å². The predicted octanol–water partition coefficient (Wildman–Crippen LogP) is 5.48. The van der Waals surface area contributed by atoms with Crippen LogP contribution in [0, 0.1) is 6.92 Å². The maximum Gasteiger partial charge on any atom is 0.216 e. The third kappa shape index (κ3) is 2.08. The van der Waals surface area contributed by atoms with Gasteiger partial charge in [0.1, 0.15) is 12.6 Å². The van der Waals surface area contributed by atoms with Crippen LogP contribution in [0.25, 0.3) is 44.5 Å². The molecule has 0 radical (unpaired) electrons. The highest BCUT2D eigenvalue weighted by Crippen LogP contribution is 2.51. The second-order valence-electron chi connectivity index (χ2n) is 8.68. The summed E-state index contributed by atoms with van der Waals surface area (Å²) in [4.78, 5) is 9.57. The second-order valence-corrected chi connectivity index (χ2v) is 8.68. The predicted molar refractivity (Wildman–Crippen MR) is 118 cm³/mol. The summed E-state index contributed by atoms with van der Waals surface area (Å²) >= 11 is 0. The average molecular weight is 392 g/mol. The molecule has 0 fully saturated rings. The Morgan fingerprint density at radius 3 is 2.63 bits per heavy atom. The first-order valence-corrected chi connectivity index (χ1v) is 10.2. The van der Waals surface area contributed by atoms with Crippen LogP contribution >= 0.6 is 0 Å². The lowest BCUT2D eigenvalue weighted by molar-refractivity contribution is -0.660. The van der Waals surface area contributed by atoms with Crippen molar-refractivity contribution in [3.8, 4) is 22.4 Å². The van der Waals surface area contributed by atoms with Gasteiger partial charge in [0.05, 0.1) is 11.3 Å². The van der Waals surface area contributed by atoms with E-state index >= 15 is 0 Å². The van der Waals surface area contributed by atoms with Gasteiger partial charge < -0.3 is 4.42 Å². The lowest BCUT2D eigenvalue weighted by Crippen LogP contribution is -2.30. The molecular formula is C26H22N3O+. The summed E-state index contributed by atoms with van der Waals surface area (Å²) in [5, 5.41) is 1.05. The quantitative estimate of drug-likeness (QED) is 0.355. The van der Waals surface area contributed by atoms with Gasteiger partial charge in [0.25, 0.3) is 0 Å². The Hall–Kier alpha value is -3.53. The molecule has 5 aromatic rings. The molecule has 0 aliphatic heterocycles. The molecule has 0 unspecified atom stereocenters. The largest absolute Gasteiger partial charge is 0.453 e. The molecule has 4 heterocycles. The Morgan fingerprint density at radius 1 is 0.933 bits per heavy atom. The van der Waals surface area contributed by atoms with Crippen LogP contribution in [0.15, 0.2) is 65.5 Å². The Bertz CT molecular complexity index is 1490. The average Bonchev–Trinajstić information content (AvgIpc) is 3.22. The highest BCUT2D eigenvalue weighted by Gasteiger charge is 2.40. The number of furan rings is 1. The smallest absolute Gasteiger partial charge is 0.216 e. The van der Waals surface area contributed by atoms with Crippen molar-refractivity contribution in [2.75, 3.05) is 0 Å². The van der Waals surface area contributed by atoms with E-state index < -0.39 is 0 Å². The van der Waals surface area contributed by atoms with Crippen LogP contribution in [0.1, 0.15) is 30.7 Å². The van der Waals surface area contributed by atoms with Gasteiger partial charge in [-0.25, -0.2) is 4.57 Å². The van der Waals surface area contributed by atoms with Crippen molar-refractivity contribution in [2.45, 2.75) is 26.2 Å². The first-order chi connectivity index (χ1) is 14.5. The van der Waals surface area contributed by atoms with Crippen LogP contribution in [0.3, 0.4) is 0 Å². The van der Waals surface area contributed by atoms with E-state index in [1.807, 2.05) is 24.5 Å². The number of nitrogens with zero attached hydrogens (tertiary/aromatic N) is 3. The molecule has 4 nitrogen and oxygen atoms in total. The second kappa shape index (κ2) is 5.76. The number of fused-ring (bicyclic) bond motifs is 7. The molecule has 0 spiro atoms. The molecule has 1 aliphatic carbocycles. The maximum absolute atomic E-state index is 6.68. The van der Waals surface area contributed by atoms with E-state index in [2.05, 4.69) is 68.9 Å². The standard InChI is InChI=1S/C26H22N3O/c1-15-10-11-17-22-24(30-23(17)20(15)19-9-5-6-13-29(19)4)21-18(14-28-22)16-8-7-12-27-25(16)26(21,2)3/h5-14H,1-4H3/q+1. The zero-order chi connectivity index (χ0) is 20.6. The molecule has 146 valence electrons. The monoisotopic (exact) mass is 392 g/mol. The molecule has 4 heteroatoms. The number of hydrogen-bond acceptors (Lipinski definition) is 3. The SMILES string of the molecule is Cc1ccc2c(oc3c4c(cnc32)-c2cccnc2C4(C)C)c1-c1cccc[n+]1C. The lowest BCUT2D eigenvalue weighted by atomic mass is 9.85. The molecule has 1 aromatic carbocycles. The van der Waals surface area contributed by atoms with E-state index in [1.165, 1.54) is 11.1 Å². The van der Waals surface area contributed by atoms with Crippen molar-refractivity contribution in [3.05, 3.63) is 77.9 Å². The topological polar surface area (TPSA) is 42.8 Å². The summed E-state index contributed by atoms with van der Waals surface area (Å²) in [7, 11) is 2.07. The van der Waals surface area contributed by atoms with Crippen molar-refractivity contribution in [3.63, 3.8) is 0 Å². The van der Waals surface area contributed by atoms with Gasteiger partial charge in [-0.15, -0.1) is 0 Å². The summed E-state index contributed by atoms with van der Waals surface area (Å²) in [6.45, 7) is 6.58. The van der Waals surface area contributed by atoms with Crippen molar-refractivity contribution < 1.29 is 8.98 Å². The first kappa shape index (κ1) is 17.3. The number of rotatable bonds is 1. The molecule has 4 aromatic heterocycles. The van der Waals surface area contributed by atoms with E-state index in [0.717, 1.165) is 50.1 Å².